The highest BCUT2D eigenvalue weighted by atomic mass is 32.2. The highest BCUT2D eigenvalue weighted by molar-refractivity contribution is 7.89. The summed E-state index contributed by atoms with van der Waals surface area (Å²) in [6, 6.07) is 3.69. The lowest BCUT2D eigenvalue weighted by atomic mass is 10.3. The number of hydrogen-bond donors (Lipinski definition) is 1. The van der Waals surface area contributed by atoms with Crippen LogP contribution in [0.2, 0.25) is 0 Å². The predicted octanol–water partition coefficient (Wildman–Crippen LogP) is 1.23. The number of nitrogens with zero attached hydrogens (tertiary/aromatic N) is 2. The third-order valence-corrected chi connectivity index (χ3v) is 4.91. The minimum Gasteiger partial charge on any atom is -0.320 e. The van der Waals surface area contributed by atoms with Gasteiger partial charge in [-0.3, -0.25) is 4.98 Å². The summed E-state index contributed by atoms with van der Waals surface area (Å²) in [6.45, 7) is 3.64. The number of sulfonamides is 1. The van der Waals surface area contributed by atoms with Crippen molar-refractivity contribution in [2.45, 2.75) is 26.3 Å². The summed E-state index contributed by atoms with van der Waals surface area (Å²) in [6.07, 6.45) is 4.93. The molecule has 5 nitrogen and oxygen atoms in total. The fraction of sp³-hybridized carbons (Fsp3) is 0.615. The zero-order valence-electron chi connectivity index (χ0n) is 11.7. The van der Waals surface area contributed by atoms with Gasteiger partial charge in [-0.1, -0.05) is 6.92 Å². The summed E-state index contributed by atoms with van der Waals surface area (Å²) in [5, 5.41) is 3.02. The third-order valence-electron chi connectivity index (χ3n) is 2.93. The topological polar surface area (TPSA) is 62.3 Å². The van der Waals surface area contributed by atoms with Crippen LogP contribution in [-0.2, 0) is 16.6 Å². The normalized spacial score (nSPS) is 11.9. The lowest BCUT2D eigenvalue weighted by molar-refractivity contribution is 0.422. The third kappa shape index (κ3) is 5.67. The fourth-order valence-corrected chi connectivity index (χ4v) is 3.38. The first-order valence-corrected chi connectivity index (χ1v) is 8.22. The molecule has 0 aliphatic rings. The van der Waals surface area contributed by atoms with E-state index in [1.165, 1.54) is 4.31 Å². The SMILES string of the molecule is CCN(Cc1ccncc1)S(=O)(=O)CCCCNC. The molecule has 1 heterocycles. The number of unbranched alkanes of at least 4 members (excludes halogenated alkanes) is 1. The maximum absolute atomic E-state index is 12.2. The van der Waals surface area contributed by atoms with Crippen LogP contribution >= 0.6 is 0 Å². The van der Waals surface area contributed by atoms with Gasteiger partial charge in [0.25, 0.3) is 0 Å². The predicted molar refractivity (Wildman–Crippen MR) is 77.3 cm³/mol. The lowest BCUT2D eigenvalue weighted by Crippen LogP contribution is -2.32. The molecule has 6 heteroatoms. The zero-order chi connectivity index (χ0) is 14.1. The Morgan fingerprint density at radius 1 is 1.26 bits per heavy atom. The van der Waals surface area contributed by atoms with Gasteiger partial charge in [0, 0.05) is 25.5 Å². The molecule has 0 bridgehead atoms. The van der Waals surface area contributed by atoms with Crippen molar-refractivity contribution < 1.29 is 8.42 Å². The Balaban J connectivity index is 2.57. The molecular weight excluding hydrogens is 262 g/mol. The number of rotatable bonds is 9. The highest BCUT2D eigenvalue weighted by Gasteiger charge is 2.19. The van der Waals surface area contributed by atoms with E-state index in [1.54, 1.807) is 12.4 Å². The molecule has 0 amide bonds. The molecule has 0 fully saturated rings. The molecule has 0 spiro atoms. The molecule has 19 heavy (non-hydrogen) atoms. The Bertz CT molecular complexity index is 448. The molecule has 0 radical (unpaired) electrons. The molecule has 108 valence electrons. The van der Waals surface area contributed by atoms with Crippen LogP contribution in [0.1, 0.15) is 25.3 Å². The van der Waals surface area contributed by atoms with Gasteiger partial charge in [-0.25, -0.2) is 8.42 Å². The van der Waals surface area contributed by atoms with Crippen LogP contribution in [0.4, 0.5) is 0 Å². The maximum Gasteiger partial charge on any atom is 0.214 e. The summed E-state index contributed by atoms with van der Waals surface area (Å²) >= 11 is 0. The minimum absolute atomic E-state index is 0.216. The average molecular weight is 285 g/mol. The molecular formula is C13H23N3O2S. The van der Waals surface area contributed by atoms with Crippen molar-refractivity contribution in [1.82, 2.24) is 14.6 Å². The number of nitrogens with one attached hydrogen (secondary N) is 1. The van der Waals surface area contributed by atoms with Gasteiger partial charge in [0.05, 0.1) is 5.75 Å². The van der Waals surface area contributed by atoms with Crippen LogP contribution in [0.5, 0.6) is 0 Å². The molecule has 1 aromatic rings. The molecule has 1 N–H and O–H groups in total. The monoisotopic (exact) mass is 285 g/mol. The van der Waals surface area contributed by atoms with E-state index >= 15 is 0 Å². The maximum atomic E-state index is 12.2. The van der Waals surface area contributed by atoms with Crippen molar-refractivity contribution in [1.29, 1.82) is 0 Å². The second-order valence-corrected chi connectivity index (χ2v) is 6.50. The van der Waals surface area contributed by atoms with Crippen LogP contribution < -0.4 is 5.32 Å². The fourth-order valence-electron chi connectivity index (χ4n) is 1.81. The summed E-state index contributed by atoms with van der Waals surface area (Å²) in [4.78, 5) is 3.94. The van der Waals surface area contributed by atoms with Crippen LogP contribution in [0.15, 0.2) is 24.5 Å². The first kappa shape index (κ1) is 16.1. The van der Waals surface area contributed by atoms with E-state index in [0.29, 0.717) is 19.5 Å². The standard InChI is InChI=1S/C13H23N3O2S/c1-3-16(12-13-6-9-15-10-7-13)19(17,18)11-5-4-8-14-2/h6-7,9-10,14H,3-5,8,11-12H2,1-2H3. The summed E-state index contributed by atoms with van der Waals surface area (Å²) in [5.74, 6) is 0.216. The highest BCUT2D eigenvalue weighted by Crippen LogP contribution is 2.10. The number of aromatic nitrogens is 1. The Hall–Kier alpha value is -0.980. The van der Waals surface area contributed by atoms with Gasteiger partial charge in [-0.2, -0.15) is 4.31 Å². The van der Waals surface area contributed by atoms with Crippen molar-refractivity contribution in [3.05, 3.63) is 30.1 Å². The summed E-state index contributed by atoms with van der Waals surface area (Å²) < 4.78 is 26.0. The van der Waals surface area contributed by atoms with Gasteiger partial charge in [0.1, 0.15) is 0 Å². The molecule has 0 unspecified atom stereocenters. The first-order chi connectivity index (χ1) is 9.10. The zero-order valence-corrected chi connectivity index (χ0v) is 12.5. The van der Waals surface area contributed by atoms with Gasteiger partial charge < -0.3 is 5.32 Å². The molecule has 1 aromatic heterocycles. The summed E-state index contributed by atoms with van der Waals surface area (Å²) in [7, 11) is -1.29. The van der Waals surface area contributed by atoms with Gasteiger partial charge in [0.15, 0.2) is 0 Å². The van der Waals surface area contributed by atoms with E-state index in [1.807, 2.05) is 26.1 Å². The van der Waals surface area contributed by atoms with Gasteiger partial charge in [-0.05, 0) is 44.1 Å². The molecule has 0 aromatic carbocycles. The van der Waals surface area contributed by atoms with Crippen LogP contribution in [0.25, 0.3) is 0 Å². The Kier molecular flexibility index (Phi) is 6.97. The van der Waals surface area contributed by atoms with E-state index in [-0.39, 0.29) is 5.75 Å². The van der Waals surface area contributed by atoms with Crippen molar-refractivity contribution >= 4 is 10.0 Å². The molecule has 1 rings (SSSR count). The molecule has 0 aliphatic heterocycles. The van der Waals surface area contributed by atoms with E-state index in [4.69, 9.17) is 0 Å². The average Bonchev–Trinajstić information content (AvgIpc) is 2.42. The van der Waals surface area contributed by atoms with E-state index in [0.717, 1.165) is 18.5 Å². The second-order valence-electron chi connectivity index (χ2n) is 4.41. The van der Waals surface area contributed by atoms with Crippen LogP contribution in [0, 0.1) is 0 Å². The van der Waals surface area contributed by atoms with E-state index < -0.39 is 10.0 Å². The lowest BCUT2D eigenvalue weighted by Gasteiger charge is -2.20. The Morgan fingerprint density at radius 2 is 1.95 bits per heavy atom. The van der Waals surface area contributed by atoms with Crippen molar-refractivity contribution in [3.8, 4) is 0 Å². The Labute approximate surface area is 116 Å². The second kappa shape index (κ2) is 8.24. The largest absolute Gasteiger partial charge is 0.320 e. The smallest absolute Gasteiger partial charge is 0.214 e. The van der Waals surface area contributed by atoms with E-state index in [2.05, 4.69) is 10.3 Å². The van der Waals surface area contributed by atoms with Gasteiger partial charge >= 0.3 is 0 Å². The van der Waals surface area contributed by atoms with Crippen molar-refractivity contribution in [2.24, 2.45) is 0 Å². The number of pyridine rings is 1. The van der Waals surface area contributed by atoms with Crippen molar-refractivity contribution in [2.75, 3.05) is 25.9 Å². The minimum atomic E-state index is -3.17. The quantitative estimate of drug-likeness (QED) is 0.693. The Morgan fingerprint density at radius 3 is 2.53 bits per heavy atom. The van der Waals surface area contributed by atoms with Gasteiger partial charge in [0.2, 0.25) is 10.0 Å². The molecule has 0 saturated carbocycles. The molecule has 0 aliphatic carbocycles. The summed E-state index contributed by atoms with van der Waals surface area (Å²) in [5.41, 5.74) is 0.968. The number of hydrogen-bond acceptors (Lipinski definition) is 4. The van der Waals surface area contributed by atoms with Gasteiger partial charge in [-0.15, -0.1) is 0 Å². The van der Waals surface area contributed by atoms with Crippen LogP contribution in [-0.4, -0.2) is 43.6 Å². The molecule has 0 atom stereocenters. The van der Waals surface area contributed by atoms with Crippen molar-refractivity contribution in [3.63, 3.8) is 0 Å². The van der Waals surface area contributed by atoms with E-state index in [9.17, 15) is 8.42 Å². The molecule has 0 saturated heterocycles. The first-order valence-electron chi connectivity index (χ1n) is 6.61. The van der Waals surface area contributed by atoms with Crippen LogP contribution in [0.3, 0.4) is 0 Å².